The first-order valence-electron chi connectivity index (χ1n) is 8.06. The van der Waals surface area contributed by atoms with Crippen molar-refractivity contribution in [1.29, 1.82) is 0 Å². The SMILES string of the molecule is CNC(c1cnccn1)C12CC3CC(CC(C)(C3)C1)C2. The van der Waals surface area contributed by atoms with E-state index < -0.39 is 0 Å². The van der Waals surface area contributed by atoms with Crippen LogP contribution in [0, 0.1) is 22.7 Å². The molecule has 1 aromatic heterocycles. The molecule has 3 atom stereocenters. The Morgan fingerprint density at radius 1 is 1.20 bits per heavy atom. The molecule has 3 heteroatoms. The standard InChI is InChI=1S/C17H25N3/c1-16-6-12-5-13(7-16)9-17(8-12,11-16)15(18-2)14-10-19-3-4-20-14/h3-4,10,12-13,15,18H,5-9,11H2,1-2H3. The molecule has 4 saturated carbocycles. The van der Waals surface area contributed by atoms with Gasteiger partial charge in [0.05, 0.1) is 11.7 Å². The highest BCUT2D eigenvalue weighted by Crippen LogP contribution is 2.68. The second kappa shape index (κ2) is 4.27. The van der Waals surface area contributed by atoms with Crippen LogP contribution in [-0.4, -0.2) is 17.0 Å². The number of rotatable bonds is 3. The van der Waals surface area contributed by atoms with Gasteiger partial charge in [0.15, 0.2) is 0 Å². The summed E-state index contributed by atoms with van der Waals surface area (Å²) in [4.78, 5) is 8.90. The summed E-state index contributed by atoms with van der Waals surface area (Å²) < 4.78 is 0. The predicted octanol–water partition coefficient (Wildman–Crippen LogP) is 3.34. The van der Waals surface area contributed by atoms with Crippen LogP contribution in [0.3, 0.4) is 0 Å². The van der Waals surface area contributed by atoms with E-state index in [1.165, 1.54) is 38.5 Å². The quantitative estimate of drug-likeness (QED) is 0.916. The first-order valence-corrected chi connectivity index (χ1v) is 8.06. The van der Waals surface area contributed by atoms with Crippen LogP contribution < -0.4 is 5.32 Å². The number of nitrogens with one attached hydrogen (secondary N) is 1. The lowest BCUT2D eigenvalue weighted by molar-refractivity contribution is -0.118. The highest BCUT2D eigenvalue weighted by molar-refractivity contribution is 5.16. The molecule has 0 spiro atoms. The summed E-state index contributed by atoms with van der Waals surface area (Å²) in [5, 5.41) is 3.59. The predicted molar refractivity (Wildman–Crippen MR) is 79.1 cm³/mol. The summed E-state index contributed by atoms with van der Waals surface area (Å²) in [5.74, 6) is 1.91. The Kier molecular flexibility index (Phi) is 2.72. The van der Waals surface area contributed by atoms with Gasteiger partial charge in [-0.3, -0.25) is 9.97 Å². The highest BCUT2D eigenvalue weighted by atomic mass is 15.0. The van der Waals surface area contributed by atoms with Gasteiger partial charge in [-0.25, -0.2) is 0 Å². The highest BCUT2D eigenvalue weighted by Gasteiger charge is 2.58. The average molecular weight is 271 g/mol. The zero-order chi connectivity index (χ0) is 13.8. The van der Waals surface area contributed by atoms with Crippen LogP contribution in [0.5, 0.6) is 0 Å². The molecule has 5 rings (SSSR count). The Labute approximate surface area is 121 Å². The van der Waals surface area contributed by atoms with Crippen molar-refractivity contribution in [2.24, 2.45) is 22.7 Å². The molecule has 3 nitrogen and oxygen atoms in total. The first-order chi connectivity index (χ1) is 9.62. The molecule has 4 aliphatic carbocycles. The minimum atomic E-state index is 0.376. The molecule has 1 N–H and O–H groups in total. The van der Waals surface area contributed by atoms with E-state index in [1.807, 2.05) is 12.4 Å². The van der Waals surface area contributed by atoms with Crippen LogP contribution in [0.4, 0.5) is 0 Å². The fourth-order valence-electron chi connectivity index (χ4n) is 6.36. The Balaban J connectivity index is 1.73. The van der Waals surface area contributed by atoms with Crippen LogP contribution in [0.2, 0.25) is 0 Å². The summed E-state index contributed by atoms with van der Waals surface area (Å²) in [5.41, 5.74) is 2.14. The molecule has 4 bridgehead atoms. The summed E-state index contributed by atoms with van der Waals surface area (Å²) in [6, 6.07) is 0.376. The summed E-state index contributed by atoms with van der Waals surface area (Å²) in [6.07, 6.45) is 14.1. The third kappa shape index (κ3) is 1.82. The number of aromatic nitrogens is 2. The topological polar surface area (TPSA) is 37.8 Å². The number of hydrogen-bond donors (Lipinski definition) is 1. The zero-order valence-electron chi connectivity index (χ0n) is 12.6. The summed E-state index contributed by atoms with van der Waals surface area (Å²) in [6.45, 7) is 2.53. The van der Waals surface area contributed by atoms with Crippen molar-refractivity contribution >= 4 is 0 Å². The second-order valence-corrected chi connectivity index (χ2v) is 7.99. The van der Waals surface area contributed by atoms with Crippen molar-refractivity contribution in [3.05, 3.63) is 24.3 Å². The van der Waals surface area contributed by atoms with E-state index in [0.29, 0.717) is 16.9 Å². The van der Waals surface area contributed by atoms with E-state index in [9.17, 15) is 0 Å². The lowest BCUT2D eigenvalue weighted by Crippen LogP contribution is -2.55. The average Bonchev–Trinajstić information content (AvgIpc) is 2.37. The van der Waals surface area contributed by atoms with Gasteiger partial charge < -0.3 is 5.32 Å². The molecule has 3 unspecified atom stereocenters. The molecule has 20 heavy (non-hydrogen) atoms. The second-order valence-electron chi connectivity index (χ2n) is 7.99. The Morgan fingerprint density at radius 3 is 2.50 bits per heavy atom. The zero-order valence-corrected chi connectivity index (χ0v) is 12.6. The van der Waals surface area contributed by atoms with Crippen molar-refractivity contribution in [1.82, 2.24) is 15.3 Å². The third-order valence-electron chi connectivity index (χ3n) is 6.18. The van der Waals surface area contributed by atoms with Crippen molar-refractivity contribution in [2.75, 3.05) is 7.05 Å². The Bertz CT molecular complexity index is 484. The lowest BCUT2D eigenvalue weighted by atomic mass is 9.43. The summed E-state index contributed by atoms with van der Waals surface area (Å²) >= 11 is 0. The maximum absolute atomic E-state index is 4.60. The van der Waals surface area contributed by atoms with Crippen LogP contribution in [0.25, 0.3) is 0 Å². The van der Waals surface area contributed by atoms with Crippen molar-refractivity contribution in [3.63, 3.8) is 0 Å². The molecule has 1 heterocycles. The normalized spacial score (nSPS) is 43.7. The van der Waals surface area contributed by atoms with Gasteiger partial charge >= 0.3 is 0 Å². The number of hydrogen-bond acceptors (Lipinski definition) is 3. The molecular weight excluding hydrogens is 246 g/mol. The van der Waals surface area contributed by atoms with Gasteiger partial charge in [0, 0.05) is 18.6 Å². The minimum absolute atomic E-state index is 0.376. The van der Waals surface area contributed by atoms with Crippen LogP contribution in [-0.2, 0) is 0 Å². The fourth-order valence-corrected chi connectivity index (χ4v) is 6.36. The first kappa shape index (κ1) is 12.8. The monoisotopic (exact) mass is 271 g/mol. The molecule has 108 valence electrons. The van der Waals surface area contributed by atoms with Crippen LogP contribution in [0.1, 0.15) is 57.2 Å². The van der Waals surface area contributed by atoms with Crippen molar-refractivity contribution in [2.45, 2.75) is 51.5 Å². The molecule has 0 radical (unpaired) electrons. The van der Waals surface area contributed by atoms with E-state index in [4.69, 9.17) is 0 Å². The largest absolute Gasteiger partial charge is 0.311 e. The molecule has 4 fully saturated rings. The minimum Gasteiger partial charge on any atom is -0.311 e. The number of nitrogens with zero attached hydrogens (tertiary/aromatic N) is 2. The third-order valence-corrected chi connectivity index (χ3v) is 6.18. The Hall–Kier alpha value is -0.960. The van der Waals surface area contributed by atoms with Crippen LogP contribution >= 0.6 is 0 Å². The fraction of sp³-hybridized carbons (Fsp3) is 0.765. The molecule has 0 amide bonds. The molecule has 0 saturated heterocycles. The molecule has 1 aromatic rings. The molecule has 0 aliphatic heterocycles. The van der Waals surface area contributed by atoms with Gasteiger partial charge in [-0.05, 0) is 68.2 Å². The van der Waals surface area contributed by atoms with Gasteiger partial charge in [-0.2, -0.15) is 0 Å². The van der Waals surface area contributed by atoms with Gasteiger partial charge in [-0.15, -0.1) is 0 Å². The van der Waals surface area contributed by atoms with Crippen LogP contribution in [0.15, 0.2) is 18.6 Å². The molecule has 0 aromatic carbocycles. The molecule has 4 aliphatic rings. The van der Waals surface area contributed by atoms with Gasteiger partial charge in [0.2, 0.25) is 0 Å². The van der Waals surface area contributed by atoms with Gasteiger partial charge in [0.1, 0.15) is 0 Å². The van der Waals surface area contributed by atoms with Crippen molar-refractivity contribution < 1.29 is 0 Å². The van der Waals surface area contributed by atoms with E-state index in [2.05, 4.69) is 29.3 Å². The maximum atomic E-state index is 4.60. The molecular formula is C17H25N3. The van der Waals surface area contributed by atoms with E-state index >= 15 is 0 Å². The van der Waals surface area contributed by atoms with Gasteiger partial charge in [0.25, 0.3) is 0 Å². The lowest BCUT2D eigenvalue weighted by Gasteiger charge is -2.63. The van der Waals surface area contributed by atoms with E-state index in [0.717, 1.165) is 17.5 Å². The van der Waals surface area contributed by atoms with Gasteiger partial charge in [-0.1, -0.05) is 6.92 Å². The summed E-state index contributed by atoms with van der Waals surface area (Å²) in [7, 11) is 2.10. The van der Waals surface area contributed by atoms with E-state index in [1.54, 1.807) is 6.20 Å². The smallest absolute Gasteiger partial charge is 0.0761 e. The Morgan fingerprint density at radius 2 is 1.95 bits per heavy atom. The van der Waals surface area contributed by atoms with E-state index in [-0.39, 0.29) is 0 Å². The maximum Gasteiger partial charge on any atom is 0.0761 e. The van der Waals surface area contributed by atoms with Crippen molar-refractivity contribution in [3.8, 4) is 0 Å².